The summed E-state index contributed by atoms with van der Waals surface area (Å²) in [5, 5.41) is 3.58. The van der Waals surface area contributed by atoms with Crippen LogP contribution < -0.4 is 14.8 Å². The van der Waals surface area contributed by atoms with Gasteiger partial charge >= 0.3 is 0 Å². The minimum absolute atomic E-state index is 0.0869. The number of piperidine rings is 1. The average Bonchev–Trinajstić information content (AvgIpc) is 2.84. The summed E-state index contributed by atoms with van der Waals surface area (Å²) < 4.78 is 24.9. The summed E-state index contributed by atoms with van der Waals surface area (Å²) in [6, 6.07) is 9.40. The van der Waals surface area contributed by atoms with Crippen LogP contribution >= 0.6 is 11.6 Å². The van der Waals surface area contributed by atoms with Crippen LogP contribution in [0.2, 0.25) is 5.02 Å². The SMILES string of the molecule is COc1ccc(C(=O)N2CCC3(CCCCCOc4ccc(Cl)cc4C(=O)NC3)CC2)cc1F. The van der Waals surface area contributed by atoms with Crippen molar-refractivity contribution in [3.05, 3.63) is 58.4 Å². The van der Waals surface area contributed by atoms with E-state index in [4.69, 9.17) is 21.1 Å². The van der Waals surface area contributed by atoms with E-state index < -0.39 is 5.82 Å². The molecule has 8 heteroatoms. The number of rotatable bonds is 2. The molecule has 0 bridgehead atoms. The molecule has 1 spiro atoms. The third kappa shape index (κ3) is 5.46. The second kappa shape index (κ2) is 10.6. The van der Waals surface area contributed by atoms with Crippen molar-refractivity contribution in [2.45, 2.75) is 38.5 Å². The quantitative estimate of drug-likeness (QED) is 0.639. The highest BCUT2D eigenvalue weighted by atomic mass is 35.5. The molecule has 1 fully saturated rings. The lowest BCUT2D eigenvalue weighted by atomic mass is 9.74. The van der Waals surface area contributed by atoms with E-state index in [0.29, 0.717) is 48.1 Å². The van der Waals surface area contributed by atoms with Crippen molar-refractivity contribution in [3.8, 4) is 11.5 Å². The molecular weight excluding hydrogens is 459 g/mol. The minimum Gasteiger partial charge on any atom is -0.494 e. The Morgan fingerprint density at radius 1 is 1.12 bits per heavy atom. The number of amides is 2. The van der Waals surface area contributed by atoms with E-state index >= 15 is 0 Å². The van der Waals surface area contributed by atoms with Crippen LogP contribution in [-0.4, -0.2) is 50.1 Å². The highest BCUT2D eigenvalue weighted by Gasteiger charge is 2.36. The first-order valence-corrected chi connectivity index (χ1v) is 12.1. The van der Waals surface area contributed by atoms with Crippen LogP contribution in [-0.2, 0) is 0 Å². The number of halogens is 2. The molecule has 0 saturated carbocycles. The summed E-state index contributed by atoms with van der Waals surface area (Å²) in [7, 11) is 1.39. The molecule has 34 heavy (non-hydrogen) atoms. The number of carbonyl (C=O) groups excluding carboxylic acids is 2. The van der Waals surface area contributed by atoms with Gasteiger partial charge in [-0.1, -0.05) is 24.4 Å². The topological polar surface area (TPSA) is 67.9 Å². The van der Waals surface area contributed by atoms with Crippen LogP contribution in [0.25, 0.3) is 0 Å². The van der Waals surface area contributed by atoms with Crippen molar-refractivity contribution in [3.63, 3.8) is 0 Å². The maximum Gasteiger partial charge on any atom is 0.255 e. The third-order valence-electron chi connectivity index (χ3n) is 6.93. The molecule has 2 aliphatic rings. The molecule has 2 heterocycles. The summed E-state index contributed by atoms with van der Waals surface area (Å²) in [6.45, 7) is 2.20. The van der Waals surface area contributed by atoms with E-state index in [2.05, 4.69) is 5.32 Å². The van der Waals surface area contributed by atoms with Gasteiger partial charge in [0.1, 0.15) is 5.75 Å². The number of benzene rings is 2. The van der Waals surface area contributed by atoms with Crippen LogP contribution in [0.3, 0.4) is 0 Å². The fraction of sp³-hybridized carbons (Fsp3) is 0.462. The molecule has 0 aromatic heterocycles. The molecule has 0 radical (unpaired) electrons. The Hall–Kier alpha value is -2.80. The number of likely N-dealkylation sites (tertiary alicyclic amines) is 1. The summed E-state index contributed by atoms with van der Waals surface area (Å²) in [5.74, 6) is -0.276. The zero-order valence-corrected chi connectivity index (χ0v) is 20.1. The Balaban J connectivity index is 1.45. The van der Waals surface area contributed by atoms with Crippen molar-refractivity contribution >= 4 is 23.4 Å². The van der Waals surface area contributed by atoms with Gasteiger partial charge in [0.25, 0.3) is 11.8 Å². The van der Waals surface area contributed by atoms with Gasteiger partial charge in [-0.25, -0.2) is 4.39 Å². The fourth-order valence-corrected chi connectivity index (χ4v) is 4.98. The maximum atomic E-state index is 14.1. The summed E-state index contributed by atoms with van der Waals surface area (Å²) >= 11 is 6.13. The van der Waals surface area contributed by atoms with E-state index in [1.54, 1.807) is 29.2 Å². The zero-order valence-electron chi connectivity index (χ0n) is 19.4. The lowest BCUT2D eigenvalue weighted by molar-refractivity contribution is 0.0533. The number of hydrogen-bond acceptors (Lipinski definition) is 4. The number of methoxy groups -OCH3 is 1. The van der Waals surface area contributed by atoms with E-state index in [-0.39, 0.29) is 23.0 Å². The highest BCUT2D eigenvalue weighted by Crippen LogP contribution is 2.37. The molecule has 0 aliphatic carbocycles. The van der Waals surface area contributed by atoms with Crippen LogP contribution in [0.1, 0.15) is 59.2 Å². The van der Waals surface area contributed by atoms with Crippen LogP contribution in [0.15, 0.2) is 36.4 Å². The number of ether oxygens (including phenoxy) is 2. The van der Waals surface area contributed by atoms with Crippen LogP contribution in [0.4, 0.5) is 4.39 Å². The van der Waals surface area contributed by atoms with Crippen LogP contribution in [0.5, 0.6) is 11.5 Å². The van der Waals surface area contributed by atoms with Gasteiger partial charge in [-0.15, -0.1) is 0 Å². The van der Waals surface area contributed by atoms with Crippen molar-refractivity contribution in [1.29, 1.82) is 0 Å². The van der Waals surface area contributed by atoms with Gasteiger partial charge in [0.15, 0.2) is 11.6 Å². The van der Waals surface area contributed by atoms with Crippen molar-refractivity contribution in [2.24, 2.45) is 5.41 Å². The molecule has 182 valence electrons. The number of carbonyl (C=O) groups is 2. The van der Waals surface area contributed by atoms with Gasteiger partial charge in [-0.3, -0.25) is 9.59 Å². The number of hydrogen-bond donors (Lipinski definition) is 1. The van der Waals surface area contributed by atoms with E-state index in [1.807, 2.05) is 0 Å². The van der Waals surface area contributed by atoms with Gasteiger partial charge in [-0.2, -0.15) is 0 Å². The molecule has 2 amide bonds. The average molecular weight is 489 g/mol. The summed E-state index contributed by atoms with van der Waals surface area (Å²) in [6.07, 6.45) is 5.49. The van der Waals surface area contributed by atoms with E-state index in [9.17, 15) is 14.0 Å². The van der Waals surface area contributed by atoms with Crippen LogP contribution in [0, 0.1) is 11.2 Å². The fourth-order valence-electron chi connectivity index (χ4n) is 4.81. The largest absolute Gasteiger partial charge is 0.494 e. The first-order valence-electron chi connectivity index (χ1n) is 11.7. The molecule has 2 aliphatic heterocycles. The second-order valence-electron chi connectivity index (χ2n) is 9.12. The zero-order chi connectivity index (χ0) is 24.1. The van der Waals surface area contributed by atoms with Gasteiger partial charge in [0, 0.05) is 30.2 Å². The summed E-state index contributed by atoms with van der Waals surface area (Å²) in [5.41, 5.74) is 0.670. The lowest BCUT2D eigenvalue weighted by Crippen LogP contribution is -2.48. The number of nitrogens with one attached hydrogen (secondary N) is 1. The Morgan fingerprint density at radius 3 is 2.65 bits per heavy atom. The minimum atomic E-state index is -0.548. The molecule has 0 unspecified atom stereocenters. The third-order valence-corrected chi connectivity index (χ3v) is 7.16. The highest BCUT2D eigenvalue weighted by molar-refractivity contribution is 6.31. The first-order chi connectivity index (χ1) is 16.4. The predicted molar refractivity (Wildman–Crippen MR) is 128 cm³/mol. The van der Waals surface area contributed by atoms with E-state index in [0.717, 1.165) is 38.5 Å². The second-order valence-corrected chi connectivity index (χ2v) is 9.56. The van der Waals surface area contributed by atoms with Gasteiger partial charge < -0.3 is 19.7 Å². The maximum absolute atomic E-state index is 14.1. The first kappa shape index (κ1) is 24.3. The molecule has 6 nitrogen and oxygen atoms in total. The van der Waals surface area contributed by atoms with Crippen molar-refractivity contribution in [1.82, 2.24) is 10.2 Å². The Kier molecular flexibility index (Phi) is 7.61. The molecule has 1 N–H and O–H groups in total. The smallest absolute Gasteiger partial charge is 0.255 e. The molecule has 2 aromatic rings. The Morgan fingerprint density at radius 2 is 1.91 bits per heavy atom. The normalized spacial score (nSPS) is 18.7. The van der Waals surface area contributed by atoms with Gasteiger partial charge in [0.2, 0.25) is 0 Å². The number of nitrogens with zero attached hydrogens (tertiary/aromatic N) is 1. The molecular formula is C26H30ClFN2O4. The molecule has 0 atom stereocenters. The predicted octanol–water partition coefficient (Wildman–Crippen LogP) is 5.09. The molecule has 1 saturated heterocycles. The monoisotopic (exact) mass is 488 g/mol. The number of fused-ring (bicyclic) bond motifs is 1. The van der Waals surface area contributed by atoms with Crippen molar-refractivity contribution < 1.29 is 23.5 Å². The Bertz CT molecular complexity index is 1050. The standard InChI is InChI=1S/C26H30ClFN2O4/c1-33-23-7-5-18(15-21(23)28)25(32)30-12-10-26(11-13-30)9-3-2-4-14-34-22-8-6-19(27)16-20(22)24(31)29-17-26/h5-8,15-16H,2-4,9-14,17H2,1H3,(H,29,31). The van der Waals surface area contributed by atoms with Gasteiger partial charge in [-0.05, 0) is 67.5 Å². The molecule has 2 aromatic carbocycles. The van der Waals surface area contributed by atoms with Crippen molar-refractivity contribution in [2.75, 3.05) is 33.4 Å². The lowest BCUT2D eigenvalue weighted by Gasteiger charge is -2.42. The van der Waals surface area contributed by atoms with E-state index in [1.165, 1.54) is 19.2 Å². The van der Waals surface area contributed by atoms with Gasteiger partial charge in [0.05, 0.1) is 19.3 Å². The Labute approximate surface area is 204 Å². The summed E-state index contributed by atoms with van der Waals surface area (Å²) in [4.78, 5) is 27.7. The molecule has 4 rings (SSSR count).